The van der Waals surface area contributed by atoms with E-state index in [4.69, 9.17) is 4.74 Å². The van der Waals surface area contributed by atoms with E-state index < -0.39 is 0 Å². The lowest BCUT2D eigenvalue weighted by molar-refractivity contribution is -0.117. The minimum absolute atomic E-state index is 0.115. The van der Waals surface area contributed by atoms with Gasteiger partial charge in [0.25, 0.3) is 0 Å². The average Bonchev–Trinajstić information content (AvgIpc) is 1.95. The molecule has 0 aromatic rings. The lowest BCUT2D eigenvalue weighted by Gasteiger charge is -2.32. The topological polar surface area (TPSA) is 26.3 Å². The summed E-state index contributed by atoms with van der Waals surface area (Å²) in [7, 11) is 0. The summed E-state index contributed by atoms with van der Waals surface area (Å²) in [6.07, 6.45) is 3.11. The summed E-state index contributed by atoms with van der Waals surface area (Å²) in [6, 6.07) is 0. The minimum Gasteiger partial charge on any atom is -0.491 e. The molecule has 1 aliphatic rings. The second-order valence-corrected chi connectivity index (χ2v) is 3.70. The molecule has 0 aromatic carbocycles. The Labute approximate surface area is 67.2 Å². The predicted octanol–water partition coefficient (Wildman–Crippen LogP) is 1.90. The molecule has 2 heteroatoms. The average molecular weight is 154 g/mol. The molecule has 1 aliphatic heterocycles. The van der Waals surface area contributed by atoms with Crippen LogP contribution in [0.1, 0.15) is 27.2 Å². The molecule has 62 valence electrons. The first-order valence-corrected chi connectivity index (χ1v) is 3.84. The van der Waals surface area contributed by atoms with Crippen LogP contribution in [0.2, 0.25) is 0 Å². The smallest absolute Gasteiger partial charge is 0.160 e. The maximum absolute atomic E-state index is 10.4. The molecule has 2 nitrogen and oxygen atoms in total. The Morgan fingerprint density at radius 2 is 2.36 bits per heavy atom. The first-order chi connectivity index (χ1) is 5.06. The fourth-order valence-electron chi connectivity index (χ4n) is 1.14. The van der Waals surface area contributed by atoms with Gasteiger partial charge in [0, 0.05) is 6.42 Å². The maximum Gasteiger partial charge on any atom is 0.160 e. The van der Waals surface area contributed by atoms with E-state index in [-0.39, 0.29) is 11.5 Å². The van der Waals surface area contributed by atoms with Gasteiger partial charge in [-0.3, -0.25) is 4.79 Å². The van der Waals surface area contributed by atoms with Gasteiger partial charge in [-0.05, 0) is 17.9 Å². The molecule has 0 N–H and O–H groups in total. The Balaban J connectivity index is 2.77. The van der Waals surface area contributed by atoms with Crippen LogP contribution in [-0.4, -0.2) is 12.4 Å². The van der Waals surface area contributed by atoms with Crippen molar-refractivity contribution >= 4 is 6.29 Å². The SMILES string of the molecule is CC1=COC(C=O)CC1(C)C. The Hall–Kier alpha value is -0.790. The summed E-state index contributed by atoms with van der Waals surface area (Å²) in [6.45, 7) is 6.27. The number of hydrogen-bond donors (Lipinski definition) is 0. The zero-order chi connectivity index (χ0) is 8.48. The number of allylic oxidation sites excluding steroid dienone is 1. The van der Waals surface area contributed by atoms with Crippen LogP contribution < -0.4 is 0 Å². The highest BCUT2D eigenvalue weighted by Crippen LogP contribution is 2.35. The van der Waals surface area contributed by atoms with Crippen LogP contribution in [0.25, 0.3) is 0 Å². The van der Waals surface area contributed by atoms with Gasteiger partial charge in [0.15, 0.2) is 12.4 Å². The van der Waals surface area contributed by atoms with E-state index in [1.807, 2.05) is 6.92 Å². The third kappa shape index (κ3) is 1.62. The molecule has 0 bridgehead atoms. The van der Waals surface area contributed by atoms with Crippen molar-refractivity contribution < 1.29 is 9.53 Å². The lowest BCUT2D eigenvalue weighted by Crippen LogP contribution is -2.28. The molecule has 0 aromatic heterocycles. The summed E-state index contributed by atoms with van der Waals surface area (Å²) in [5, 5.41) is 0. The van der Waals surface area contributed by atoms with Crippen molar-refractivity contribution in [2.24, 2.45) is 5.41 Å². The molecule has 1 heterocycles. The third-order valence-electron chi connectivity index (χ3n) is 2.35. The van der Waals surface area contributed by atoms with Gasteiger partial charge in [-0.2, -0.15) is 0 Å². The Morgan fingerprint density at radius 1 is 1.73 bits per heavy atom. The Morgan fingerprint density at radius 3 is 2.82 bits per heavy atom. The zero-order valence-corrected chi connectivity index (χ0v) is 7.26. The monoisotopic (exact) mass is 154 g/mol. The van der Waals surface area contributed by atoms with Crippen LogP contribution >= 0.6 is 0 Å². The molecule has 0 saturated carbocycles. The van der Waals surface area contributed by atoms with Gasteiger partial charge in [0.1, 0.15) is 0 Å². The van der Waals surface area contributed by atoms with Crippen molar-refractivity contribution in [1.82, 2.24) is 0 Å². The van der Waals surface area contributed by atoms with Crippen LogP contribution in [-0.2, 0) is 9.53 Å². The number of hydrogen-bond acceptors (Lipinski definition) is 2. The van der Waals surface area contributed by atoms with Crippen molar-refractivity contribution in [3.8, 4) is 0 Å². The third-order valence-corrected chi connectivity index (χ3v) is 2.35. The second-order valence-electron chi connectivity index (χ2n) is 3.70. The molecule has 1 rings (SSSR count). The molecule has 0 aliphatic carbocycles. The summed E-state index contributed by atoms with van der Waals surface area (Å²) < 4.78 is 5.14. The minimum atomic E-state index is -0.242. The van der Waals surface area contributed by atoms with E-state index in [2.05, 4.69) is 13.8 Å². The van der Waals surface area contributed by atoms with Crippen molar-refractivity contribution in [2.45, 2.75) is 33.3 Å². The van der Waals surface area contributed by atoms with Gasteiger partial charge in [-0.15, -0.1) is 0 Å². The van der Waals surface area contributed by atoms with Crippen LogP contribution in [0.15, 0.2) is 11.8 Å². The van der Waals surface area contributed by atoms with E-state index in [1.165, 1.54) is 5.57 Å². The van der Waals surface area contributed by atoms with Gasteiger partial charge in [0.05, 0.1) is 6.26 Å². The number of carbonyl (C=O) groups excluding carboxylic acids is 1. The highest BCUT2D eigenvalue weighted by Gasteiger charge is 2.29. The van der Waals surface area contributed by atoms with E-state index in [9.17, 15) is 4.79 Å². The summed E-state index contributed by atoms with van der Waals surface area (Å²) in [5.41, 5.74) is 1.32. The molecule has 0 radical (unpaired) electrons. The van der Waals surface area contributed by atoms with Gasteiger partial charge in [0.2, 0.25) is 0 Å². The van der Waals surface area contributed by atoms with Crippen LogP contribution in [0, 0.1) is 5.41 Å². The van der Waals surface area contributed by atoms with E-state index in [1.54, 1.807) is 6.26 Å². The second kappa shape index (κ2) is 2.68. The van der Waals surface area contributed by atoms with Crippen LogP contribution in [0.4, 0.5) is 0 Å². The standard InChI is InChI=1S/C9H14O2/c1-7-6-11-8(5-10)4-9(7,2)3/h5-6,8H,4H2,1-3H3. The molecular weight excluding hydrogens is 140 g/mol. The van der Waals surface area contributed by atoms with E-state index in [0.717, 1.165) is 12.7 Å². The van der Waals surface area contributed by atoms with Gasteiger partial charge >= 0.3 is 0 Å². The Kier molecular flexibility index (Phi) is 2.03. The fraction of sp³-hybridized carbons (Fsp3) is 0.667. The zero-order valence-electron chi connectivity index (χ0n) is 7.26. The highest BCUT2D eigenvalue weighted by atomic mass is 16.5. The first-order valence-electron chi connectivity index (χ1n) is 3.84. The van der Waals surface area contributed by atoms with Crippen LogP contribution in [0.5, 0.6) is 0 Å². The van der Waals surface area contributed by atoms with Crippen molar-refractivity contribution in [3.63, 3.8) is 0 Å². The molecule has 0 fully saturated rings. The predicted molar refractivity (Wildman–Crippen MR) is 43.1 cm³/mol. The normalized spacial score (nSPS) is 28.6. The van der Waals surface area contributed by atoms with Gasteiger partial charge in [-0.1, -0.05) is 13.8 Å². The number of ether oxygens (including phenoxy) is 1. The van der Waals surface area contributed by atoms with Gasteiger partial charge < -0.3 is 4.74 Å². The van der Waals surface area contributed by atoms with Gasteiger partial charge in [-0.25, -0.2) is 0 Å². The highest BCUT2D eigenvalue weighted by molar-refractivity contribution is 5.56. The summed E-state index contributed by atoms with van der Waals surface area (Å²) in [4.78, 5) is 10.4. The molecule has 0 amide bonds. The number of carbonyl (C=O) groups is 1. The molecule has 11 heavy (non-hydrogen) atoms. The molecule has 0 spiro atoms. The van der Waals surface area contributed by atoms with E-state index >= 15 is 0 Å². The van der Waals surface area contributed by atoms with Crippen molar-refractivity contribution in [2.75, 3.05) is 0 Å². The van der Waals surface area contributed by atoms with E-state index in [0.29, 0.717) is 0 Å². The van der Waals surface area contributed by atoms with Crippen molar-refractivity contribution in [3.05, 3.63) is 11.8 Å². The maximum atomic E-state index is 10.4. The molecule has 1 atom stereocenters. The molecular formula is C9H14O2. The fourth-order valence-corrected chi connectivity index (χ4v) is 1.14. The molecule has 0 saturated heterocycles. The Bertz CT molecular complexity index is 192. The first kappa shape index (κ1) is 8.31. The van der Waals surface area contributed by atoms with Crippen molar-refractivity contribution in [1.29, 1.82) is 0 Å². The molecule has 1 unspecified atom stereocenters. The number of rotatable bonds is 1. The van der Waals surface area contributed by atoms with Crippen LogP contribution in [0.3, 0.4) is 0 Å². The quantitative estimate of drug-likeness (QED) is 0.539. The lowest BCUT2D eigenvalue weighted by atomic mass is 9.79. The summed E-state index contributed by atoms with van der Waals surface area (Å²) >= 11 is 0. The summed E-state index contributed by atoms with van der Waals surface area (Å²) in [5.74, 6) is 0. The largest absolute Gasteiger partial charge is 0.491 e. The number of aldehydes is 1.